The summed E-state index contributed by atoms with van der Waals surface area (Å²) < 4.78 is 0. The molecule has 0 heterocycles. The van der Waals surface area contributed by atoms with Gasteiger partial charge >= 0.3 is 0 Å². The number of halogens is 1. The largest absolute Gasteiger partial charge is 0.388 e. The predicted molar refractivity (Wildman–Crippen MR) is 105 cm³/mol. The number of ketones is 2. The standard InChI is InChI=1S/C22H29ClO5/c1-12-8-15-14-5-4-13-9-16(25)17(26)10-20(13,3)21(14,23)7-6-19(15,2)22(12,28)18(27)11-24/h9,14-16,24-25,28H,1,4-8,10-11H2,2-3H3/t14-,15-,16?,19-,20-,21+,22-/m0/s1. The van der Waals surface area contributed by atoms with E-state index in [0.717, 1.165) is 18.4 Å². The Morgan fingerprint density at radius 1 is 1.32 bits per heavy atom. The molecule has 3 N–H and O–H groups in total. The molecule has 28 heavy (non-hydrogen) atoms. The Morgan fingerprint density at radius 3 is 2.64 bits per heavy atom. The number of hydrogen-bond acceptors (Lipinski definition) is 5. The van der Waals surface area contributed by atoms with Crippen LogP contribution in [0.25, 0.3) is 0 Å². The van der Waals surface area contributed by atoms with Crippen LogP contribution >= 0.6 is 11.6 Å². The molecule has 154 valence electrons. The molecule has 4 aliphatic carbocycles. The maximum Gasteiger partial charge on any atom is 0.194 e. The second-order valence-electron chi connectivity index (χ2n) is 9.74. The van der Waals surface area contributed by atoms with Crippen LogP contribution in [0.4, 0.5) is 0 Å². The van der Waals surface area contributed by atoms with Gasteiger partial charge in [-0.2, -0.15) is 0 Å². The van der Waals surface area contributed by atoms with E-state index in [1.54, 1.807) is 6.08 Å². The van der Waals surface area contributed by atoms with Crippen LogP contribution in [0.1, 0.15) is 52.4 Å². The number of aliphatic hydroxyl groups is 3. The van der Waals surface area contributed by atoms with Gasteiger partial charge in [0.15, 0.2) is 17.2 Å². The molecule has 0 radical (unpaired) electrons. The second-order valence-corrected chi connectivity index (χ2v) is 10.4. The molecule has 0 bridgehead atoms. The summed E-state index contributed by atoms with van der Waals surface area (Å²) in [6, 6.07) is 0. The highest BCUT2D eigenvalue weighted by molar-refractivity contribution is 6.25. The molecule has 7 atom stereocenters. The van der Waals surface area contributed by atoms with E-state index in [4.69, 9.17) is 11.6 Å². The number of alkyl halides is 1. The molecule has 0 aromatic carbocycles. The van der Waals surface area contributed by atoms with Crippen LogP contribution in [0.5, 0.6) is 0 Å². The van der Waals surface area contributed by atoms with E-state index >= 15 is 0 Å². The van der Waals surface area contributed by atoms with Crippen molar-refractivity contribution in [3.63, 3.8) is 0 Å². The highest BCUT2D eigenvalue weighted by Gasteiger charge is 2.71. The number of Topliss-reactive ketones (excluding diaryl/α,β-unsaturated/α-hetero) is 2. The van der Waals surface area contributed by atoms with Crippen molar-refractivity contribution in [2.75, 3.05) is 6.61 Å². The summed E-state index contributed by atoms with van der Waals surface area (Å²) >= 11 is 7.37. The summed E-state index contributed by atoms with van der Waals surface area (Å²) in [4.78, 5) is 24.2. The molecule has 0 aromatic rings. The molecular formula is C22H29ClO5. The zero-order valence-electron chi connectivity index (χ0n) is 16.5. The number of carbonyl (C=O) groups is 2. The minimum atomic E-state index is -1.74. The lowest BCUT2D eigenvalue weighted by atomic mass is 9.45. The van der Waals surface area contributed by atoms with Crippen LogP contribution in [-0.2, 0) is 9.59 Å². The van der Waals surface area contributed by atoms with E-state index in [2.05, 4.69) is 6.58 Å². The van der Waals surface area contributed by atoms with Crippen LogP contribution in [0.2, 0.25) is 0 Å². The molecular weight excluding hydrogens is 380 g/mol. The Bertz CT molecular complexity index is 805. The van der Waals surface area contributed by atoms with Gasteiger partial charge in [-0.25, -0.2) is 0 Å². The van der Waals surface area contributed by atoms with Gasteiger partial charge < -0.3 is 15.3 Å². The fraction of sp³-hybridized carbons (Fsp3) is 0.727. The topological polar surface area (TPSA) is 94.8 Å². The molecule has 0 aromatic heterocycles. The Labute approximate surface area is 170 Å². The highest BCUT2D eigenvalue weighted by Crippen LogP contribution is 2.71. The van der Waals surface area contributed by atoms with Crippen molar-refractivity contribution in [1.29, 1.82) is 0 Å². The van der Waals surface area contributed by atoms with Crippen molar-refractivity contribution in [1.82, 2.24) is 0 Å². The van der Waals surface area contributed by atoms with Crippen LogP contribution < -0.4 is 0 Å². The third-order valence-corrected chi connectivity index (χ3v) is 9.71. The third-order valence-electron chi connectivity index (χ3n) is 8.82. The minimum absolute atomic E-state index is 0.00961. The summed E-state index contributed by atoms with van der Waals surface area (Å²) in [6.07, 6.45) is 3.92. The maximum absolute atomic E-state index is 12.5. The van der Waals surface area contributed by atoms with Gasteiger partial charge in [0.1, 0.15) is 12.7 Å². The van der Waals surface area contributed by atoms with Gasteiger partial charge in [0.25, 0.3) is 0 Å². The summed E-state index contributed by atoms with van der Waals surface area (Å²) in [5.74, 6) is -0.839. The Hall–Kier alpha value is -1.01. The van der Waals surface area contributed by atoms with Gasteiger partial charge in [0.2, 0.25) is 0 Å². The van der Waals surface area contributed by atoms with Gasteiger partial charge in [-0.1, -0.05) is 26.0 Å². The van der Waals surface area contributed by atoms with Crippen LogP contribution in [0.3, 0.4) is 0 Å². The van der Waals surface area contributed by atoms with E-state index in [-0.39, 0.29) is 24.0 Å². The lowest BCUT2D eigenvalue weighted by molar-refractivity contribution is -0.157. The zero-order chi connectivity index (χ0) is 20.7. The average Bonchev–Trinajstić information content (AvgIpc) is 2.85. The van der Waals surface area contributed by atoms with Crippen LogP contribution in [0, 0.1) is 22.7 Å². The number of allylic oxidation sites excluding steroid dienone is 1. The molecule has 0 amide bonds. The van der Waals surface area contributed by atoms with Gasteiger partial charge in [0, 0.05) is 17.3 Å². The smallest absolute Gasteiger partial charge is 0.194 e. The summed E-state index contributed by atoms with van der Waals surface area (Å²) in [5.41, 5.74) is -1.50. The quantitative estimate of drug-likeness (QED) is 0.481. The molecule has 4 rings (SSSR count). The molecule has 1 unspecified atom stereocenters. The van der Waals surface area contributed by atoms with Gasteiger partial charge in [-0.05, 0) is 55.6 Å². The molecule has 3 fully saturated rings. The first-order valence-corrected chi connectivity index (χ1v) is 10.5. The molecule has 0 spiro atoms. The maximum atomic E-state index is 12.5. The first-order chi connectivity index (χ1) is 13.0. The Balaban J connectivity index is 1.79. The van der Waals surface area contributed by atoms with E-state index in [9.17, 15) is 24.9 Å². The number of aliphatic hydroxyl groups excluding tert-OH is 2. The first kappa shape index (κ1) is 20.3. The van der Waals surface area contributed by atoms with E-state index in [1.807, 2.05) is 13.8 Å². The first-order valence-electron chi connectivity index (χ1n) is 10.1. The minimum Gasteiger partial charge on any atom is -0.388 e. The monoisotopic (exact) mass is 408 g/mol. The van der Waals surface area contributed by atoms with Crippen LogP contribution in [0.15, 0.2) is 23.8 Å². The van der Waals surface area contributed by atoms with Crippen molar-refractivity contribution in [2.24, 2.45) is 22.7 Å². The fourth-order valence-electron chi connectivity index (χ4n) is 7.07. The summed E-state index contributed by atoms with van der Waals surface area (Å²) in [7, 11) is 0. The lowest BCUT2D eigenvalue weighted by Gasteiger charge is -2.63. The number of fused-ring (bicyclic) bond motifs is 5. The van der Waals surface area contributed by atoms with E-state index < -0.39 is 39.8 Å². The molecule has 0 saturated heterocycles. The number of rotatable bonds is 2. The van der Waals surface area contributed by atoms with Gasteiger partial charge in [-0.3, -0.25) is 9.59 Å². The SMILES string of the molecule is C=C1C[C@H]2[C@@H]3CCC4=CC(O)C(=O)C[C@]4(C)[C@@]3(Cl)CC[C@]2(C)[C@@]1(O)C(=O)CO. The zero-order valence-corrected chi connectivity index (χ0v) is 17.3. The second kappa shape index (κ2) is 6.00. The van der Waals surface area contributed by atoms with Crippen molar-refractivity contribution in [3.8, 4) is 0 Å². The highest BCUT2D eigenvalue weighted by atomic mass is 35.5. The fourth-order valence-corrected chi connectivity index (χ4v) is 7.62. The Kier molecular flexibility index (Phi) is 4.35. The lowest BCUT2D eigenvalue weighted by Crippen LogP contribution is -2.64. The molecule has 0 aliphatic heterocycles. The van der Waals surface area contributed by atoms with Crippen molar-refractivity contribution in [3.05, 3.63) is 23.8 Å². The van der Waals surface area contributed by atoms with Crippen molar-refractivity contribution < 1.29 is 24.9 Å². The Morgan fingerprint density at radius 2 is 2.00 bits per heavy atom. The average molecular weight is 409 g/mol. The van der Waals surface area contributed by atoms with Gasteiger partial charge in [0.05, 0.1) is 4.87 Å². The van der Waals surface area contributed by atoms with E-state index in [1.165, 1.54) is 0 Å². The third kappa shape index (κ3) is 2.14. The molecule has 4 aliphatic rings. The normalized spacial score (nSPS) is 50.5. The van der Waals surface area contributed by atoms with Gasteiger partial charge in [-0.15, -0.1) is 11.6 Å². The molecule has 6 heteroatoms. The summed E-state index contributed by atoms with van der Waals surface area (Å²) in [6.45, 7) is 7.23. The number of hydrogen-bond donors (Lipinski definition) is 3. The molecule has 5 nitrogen and oxygen atoms in total. The predicted octanol–water partition coefficient (Wildman–Crippen LogP) is 2.31. The van der Waals surface area contributed by atoms with Crippen molar-refractivity contribution in [2.45, 2.75) is 69.0 Å². The molecule has 3 saturated carbocycles. The summed E-state index contributed by atoms with van der Waals surface area (Å²) in [5, 5.41) is 30.9. The van der Waals surface area contributed by atoms with Crippen LogP contribution in [-0.4, -0.2) is 50.1 Å². The van der Waals surface area contributed by atoms with E-state index in [0.29, 0.717) is 24.8 Å². The van der Waals surface area contributed by atoms with Crippen molar-refractivity contribution >= 4 is 23.2 Å². The number of carbonyl (C=O) groups excluding carboxylic acids is 2.